The molecule has 0 radical (unpaired) electrons. The summed E-state index contributed by atoms with van der Waals surface area (Å²) in [6, 6.07) is 0.344. The third-order valence-corrected chi connectivity index (χ3v) is 7.17. The SMILES string of the molecule is O=C(CC1CSCCN1)NCC1(N2CCOCC2)CCSC1. The Hall–Kier alpha value is 0.0500. The molecule has 0 bridgehead atoms. The predicted octanol–water partition coefficient (Wildman–Crippen LogP) is 0.406. The van der Waals surface area contributed by atoms with Gasteiger partial charge in [-0.3, -0.25) is 9.69 Å². The van der Waals surface area contributed by atoms with Crippen LogP contribution in [0.1, 0.15) is 12.8 Å². The van der Waals surface area contributed by atoms with Gasteiger partial charge in [-0.1, -0.05) is 0 Å². The molecule has 3 saturated heterocycles. The lowest BCUT2D eigenvalue weighted by molar-refractivity contribution is -0.122. The van der Waals surface area contributed by atoms with Gasteiger partial charge in [0.1, 0.15) is 0 Å². The topological polar surface area (TPSA) is 53.6 Å². The first-order chi connectivity index (χ1) is 10.8. The van der Waals surface area contributed by atoms with E-state index in [1.165, 1.54) is 12.2 Å². The molecule has 2 N–H and O–H groups in total. The maximum Gasteiger partial charge on any atom is 0.221 e. The van der Waals surface area contributed by atoms with Crippen LogP contribution < -0.4 is 10.6 Å². The van der Waals surface area contributed by atoms with Crippen LogP contribution in [0, 0.1) is 0 Å². The molecule has 0 aromatic rings. The number of rotatable bonds is 5. The molecule has 3 aliphatic rings. The predicted molar refractivity (Wildman–Crippen MR) is 93.8 cm³/mol. The van der Waals surface area contributed by atoms with Crippen LogP contribution in [0.15, 0.2) is 0 Å². The molecule has 0 saturated carbocycles. The van der Waals surface area contributed by atoms with E-state index in [0.717, 1.165) is 56.7 Å². The number of carbonyl (C=O) groups is 1. The van der Waals surface area contributed by atoms with E-state index < -0.39 is 0 Å². The second kappa shape index (κ2) is 8.24. The molecule has 5 nitrogen and oxygen atoms in total. The van der Waals surface area contributed by atoms with Gasteiger partial charge in [-0.15, -0.1) is 0 Å². The third kappa shape index (κ3) is 4.32. The van der Waals surface area contributed by atoms with Crippen molar-refractivity contribution in [3.8, 4) is 0 Å². The van der Waals surface area contributed by atoms with Crippen molar-refractivity contribution in [1.82, 2.24) is 15.5 Å². The molecule has 0 aromatic carbocycles. The zero-order chi connectivity index (χ0) is 15.3. The summed E-state index contributed by atoms with van der Waals surface area (Å²) < 4.78 is 5.48. The van der Waals surface area contributed by atoms with Gasteiger partial charge in [0.25, 0.3) is 0 Å². The van der Waals surface area contributed by atoms with E-state index in [1.54, 1.807) is 0 Å². The van der Waals surface area contributed by atoms with E-state index in [-0.39, 0.29) is 11.4 Å². The summed E-state index contributed by atoms with van der Waals surface area (Å²) in [5.74, 6) is 4.75. The first-order valence-corrected chi connectivity index (χ1v) is 10.6. The fourth-order valence-electron chi connectivity index (χ4n) is 3.44. The van der Waals surface area contributed by atoms with E-state index in [0.29, 0.717) is 12.5 Å². The van der Waals surface area contributed by atoms with E-state index in [2.05, 4.69) is 15.5 Å². The highest BCUT2D eigenvalue weighted by atomic mass is 32.2. The summed E-state index contributed by atoms with van der Waals surface area (Å²) in [7, 11) is 0. The van der Waals surface area contributed by atoms with Gasteiger partial charge >= 0.3 is 0 Å². The molecule has 2 atom stereocenters. The number of ether oxygens (including phenoxy) is 1. The highest BCUT2D eigenvalue weighted by Crippen LogP contribution is 2.33. The third-order valence-electron chi connectivity index (χ3n) is 4.81. The Bertz CT molecular complexity index is 366. The largest absolute Gasteiger partial charge is 0.379 e. The number of hydrogen-bond acceptors (Lipinski definition) is 6. The minimum atomic E-state index is 0.152. The van der Waals surface area contributed by atoms with E-state index in [4.69, 9.17) is 4.74 Å². The van der Waals surface area contributed by atoms with Gasteiger partial charge in [0.05, 0.1) is 13.2 Å². The molecule has 0 aliphatic carbocycles. The van der Waals surface area contributed by atoms with Gasteiger partial charge in [0, 0.05) is 61.4 Å². The number of nitrogens with zero attached hydrogens (tertiary/aromatic N) is 1. The minimum Gasteiger partial charge on any atom is -0.379 e. The van der Waals surface area contributed by atoms with Crippen molar-refractivity contribution in [1.29, 1.82) is 0 Å². The van der Waals surface area contributed by atoms with Gasteiger partial charge in [-0.25, -0.2) is 0 Å². The number of hydrogen-bond donors (Lipinski definition) is 2. The monoisotopic (exact) mass is 345 g/mol. The Morgan fingerprint density at radius 2 is 2.18 bits per heavy atom. The lowest BCUT2D eigenvalue weighted by atomic mass is 9.95. The smallest absolute Gasteiger partial charge is 0.221 e. The normalized spacial score (nSPS) is 33.7. The maximum absolute atomic E-state index is 12.3. The number of thioether (sulfide) groups is 2. The van der Waals surface area contributed by atoms with Crippen molar-refractivity contribution in [2.75, 3.05) is 62.4 Å². The Morgan fingerprint density at radius 3 is 2.86 bits per heavy atom. The summed E-state index contributed by atoms with van der Waals surface area (Å²) in [5, 5.41) is 6.66. The van der Waals surface area contributed by atoms with Crippen LogP contribution in [0.25, 0.3) is 0 Å². The van der Waals surface area contributed by atoms with Crippen molar-refractivity contribution in [2.24, 2.45) is 0 Å². The molecule has 0 aromatic heterocycles. The molecule has 3 heterocycles. The molecular weight excluding hydrogens is 318 g/mol. The molecule has 22 heavy (non-hydrogen) atoms. The maximum atomic E-state index is 12.3. The minimum absolute atomic E-state index is 0.152. The van der Waals surface area contributed by atoms with Gasteiger partial charge < -0.3 is 15.4 Å². The molecule has 126 valence electrons. The Balaban J connectivity index is 1.49. The molecule has 1 amide bonds. The highest BCUT2D eigenvalue weighted by molar-refractivity contribution is 7.99. The summed E-state index contributed by atoms with van der Waals surface area (Å²) >= 11 is 3.95. The average molecular weight is 346 g/mol. The van der Waals surface area contributed by atoms with Gasteiger partial charge in [0.15, 0.2) is 0 Å². The zero-order valence-corrected chi connectivity index (χ0v) is 14.8. The quantitative estimate of drug-likeness (QED) is 0.753. The summed E-state index contributed by atoms with van der Waals surface area (Å²) in [6.45, 7) is 5.46. The van der Waals surface area contributed by atoms with Crippen LogP contribution in [0.4, 0.5) is 0 Å². The van der Waals surface area contributed by atoms with Crippen molar-refractivity contribution < 1.29 is 9.53 Å². The number of amides is 1. The van der Waals surface area contributed by atoms with Crippen molar-refractivity contribution >= 4 is 29.4 Å². The number of morpholine rings is 1. The van der Waals surface area contributed by atoms with Crippen LogP contribution >= 0.6 is 23.5 Å². The fraction of sp³-hybridized carbons (Fsp3) is 0.933. The molecule has 3 fully saturated rings. The molecule has 7 heteroatoms. The Kier molecular flexibility index (Phi) is 6.33. The second-order valence-electron chi connectivity index (χ2n) is 6.33. The lowest BCUT2D eigenvalue weighted by Crippen LogP contribution is -2.59. The highest BCUT2D eigenvalue weighted by Gasteiger charge is 2.40. The van der Waals surface area contributed by atoms with E-state index in [1.807, 2.05) is 23.5 Å². The van der Waals surface area contributed by atoms with Crippen LogP contribution in [0.5, 0.6) is 0 Å². The van der Waals surface area contributed by atoms with Gasteiger partial charge in [0.2, 0.25) is 5.91 Å². The van der Waals surface area contributed by atoms with Crippen LogP contribution in [-0.4, -0.2) is 84.8 Å². The first-order valence-electron chi connectivity index (χ1n) is 8.27. The summed E-state index contributed by atoms with van der Waals surface area (Å²) in [6.07, 6.45) is 1.79. The molecule has 2 unspecified atom stereocenters. The standard InChI is InChI=1S/C15H27N3O2S2/c19-14(9-13-10-21-8-2-16-13)17-11-15(1-7-22-12-15)18-3-5-20-6-4-18/h13,16H,1-12H2,(H,17,19). The Morgan fingerprint density at radius 1 is 1.32 bits per heavy atom. The summed E-state index contributed by atoms with van der Waals surface area (Å²) in [5.41, 5.74) is 0.152. The summed E-state index contributed by atoms with van der Waals surface area (Å²) in [4.78, 5) is 14.8. The molecule has 3 aliphatic heterocycles. The Labute approximate surface area is 141 Å². The fourth-order valence-corrected chi connectivity index (χ4v) is 5.87. The van der Waals surface area contributed by atoms with E-state index >= 15 is 0 Å². The molecule has 0 spiro atoms. The lowest BCUT2D eigenvalue weighted by Gasteiger charge is -2.43. The van der Waals surface area contributed by atoms with Crippen LogP contribution in [0.2, 0.25) is 0 Å². The molecular formula is C15H27N3O2S2. The first kappa shape index (κ1) is 16.9. The second-order valence-corrected chi connectivity index (χ2v) is 8.59. The number of carbonyl (C=O) groups excluding carboxylic acids is 1. The van der Waals surface area contributed by atoms with Crippen molar-refractivity contribution in [2.45, 2.75) is 24.4 Å². The molecule has 3 rings (SSSR count). The van der Waals surface area contributed by atoms with Crippen molar-refractivity contribution in [3.05, 3.63) is 0 Å². The van der Waals surface area contributed by atoms with Gasteiger partial charge in [-0.05, 0) is 12.2 Å². The van der Waals surface area contributed by atoms with E-state index in [9.17, 15) is 4.79 Å². The zero-order valence-electron chi connectivity index (χ0n) is 13.1. The number of nitrogens with one attached hydrogen (secondary N) is 2. The van der Waals surface area contributed by atoms with Crippen LogP contribution in [-0.2, 0) is 9.53 Å². The average Bonchev–Trinajstić information content (AvgIpc) is 3.05. The van der Waals surface area contributed by atoms with Crippen LogP contribution in [0.3, 0.4) is 0 Å². The van der Waals surface area contributed by atoms with Crippen molar-refractivity contribution in [3.63, 3.8) is 0 Å². The van der Waals surface area contributed by atoms with Gasteiger partial charge in [-0.2, -0.15) is 23.5 Å².